The van der Waals surface area contributed by atoms with E-state index < -0.39 is 0 Å². The third kappa shape index (κ3) is 2.61. The summed E-state index contributed by atoms with van der Waals surface area (Å²) in [5.41, 5.74) is 1.19. The highest BCUT2D eigenvalue weighted by Crippen LogP contribution is 2.30. The van der Waals surface area contributed by atoms with Crippen molar-refractivity contribution in [2.75, 3.05) is 13.1 Å². The lowest BCUT2D eigenvalue weighted by Crippen LogP contribution is -2.39. The van der Waals surface area contributed by atoms with Gasteiger partial charge in [-0.05, 0) is 25.8 Å². The monoisotopic (exact) mass is 327 g/mol. The molecule has 6 nitrogen and oxygen atoms in total. The van der Waals surface area contributed by atoms with E-state index in [9.17, 15) is 4.79 Å². The van der Waals surface area contributed by atoms with Crippen LogP contribution in [0.15, 0.2) is 30.9 Å². The minimum atomic E-state index is 0.0108. The molecule has 118 valence electrons. The molecule has 0 aromatic carbocycles. The van der Waals surface area contributed by atoms with E-state index in [0.717, 1.165) is 30.9 Å². The maximum absolute atomic E-state index is 12.9. The Hall–Kier alpha value is -2.28. The van der Waals surface area contributed by atoms with Crippen LogP contribution in [0.5, 0.6) is 0 Å². The van der Waals surface area contributed by atoms with Gasteiger partial charge in [0.2, 0.25) is 0 Å². The van der Waals surface area contributed by atoms with E-state index in [-0.39, 0.29) is 5.91 Å². The van der Waals surface area contributed by atoms with Crippen LogP contribution in [0.1, 0.15) is 39.0 Å². The van der Waals surface area contributed by atoms with Crippen LogP contribution in [-0.2, 0) is 0 Å². The number of nitrogens with zero attached hydrogens (tertiary/aromatic N) is 5. The first-order valence-electron chi connectivity index (χ1n) is 7.72. The topological polar surface area (TPSA) is 63.4 Å². The molecule has 0 bridgehead atoms. The minimum Gasteiger partial charge on any atom is -0.338 e. The molecular formula is C16H17N5OS. The second-order valence-electron chi connectivity index (χ2n) is 5.85. The molecule has 4 rings (SSSR count). The molecule has 0 saturated carbocycles. The zero-order valence-corrected chi connectivity index (χ0v) is 13.7. The van der Waals surface area contributed by atoms with Crippen molar-refractivity contribution in [3.8, 4) is 0 Å². The van der Waals surface area contributed by atoms with E-state index in [1.807, 2.05) is 11.1 Å². The number of likely N-dealkylation sites (tertiary alicyclic amines) is 1. The van der Waals surface area contributed by atoms with Crippen molar-refractivity contribution in [3.05, 3.63) is 46.3 Å². The molecule has 7 heteroatoms. The smallest absolute Gasteiger partial charge is 0.259 e. The third-order valence-electron chi connectivity index (χ3n) is 4.21. The average Bonchev–Trinajstić information content (AvgIpc) is 3.20. The molecule has 1 fully saturated rings. The molecule has 1 aliphatic rings. The van der Waals surface area contributed by atoms with E-state index >= 15 is 0 Å². The molecule has 1 saturated heterocycles. The first-order valence-corrected chi connectivity index (χ1v) is 8.54. The summed E-state index contributed by atoms with van der Waals surface area (Å²) < 4.78 is 1.64. The van der Waals surface area contributed by atoms with Crippen molar-refractivity contribution >= 4 is 22.9 Å². The number of hydrogen-bond donors (Lipinski definition) is 0. The lowest BCUT2D eigenvalue weighted by molar-refractivity contribution is 0.0709. The standard InChI is InChI=1S/C16H17N5OS/c1-11-8-18-15(23-11)12-4-2-6-20(10-12)16(22)13-9-19-21-7-3-5-17-14(13)21/h3,5,7-9,12H,2,4,6,10H2,1H3. The summed E-state index contributed by atoms with van der Waals surface area (Å²) >= 11 is 1.73. The van der Waals surface area contributed by atoms with Crippen LogP contribution >= 0.6 is 11.3 Å². The Morgan fingerprint density at radius 1 is 1.35 bits per heavy atom. The van der Waals surface area contributed by atoms with Gasteiger partial charge in [0.1, 0.15) is 5.56 Å². The van der Waals surface area contributed by atoms with Crippen molar-refractivity contribution < 1.29 is 4.79 Å². The molecule has 1 amide bonds. The molecule has 4 heterocycles. The normalized spacial score (nSPS) is 18.5. The van der Waals surface area contributed by atoms with E-state index in [4.69, 9.17) is 0 Å². The fraction of sp³-hybridized carbons (Fsp3) is 0.375. The molecule has 1 aliphatic heterocycles. The van der Waals surface area contributed by atoms with Crippen LogP contribution in [0.25, 0.3) is 5.65 Å². The maximum Gasteiger partial charge on any atom is 0.259 e. The van der Waals surface area contributed by atoms with Gasteiger partial charge in [0.25, 0.3) is 5.91 Å². The van der Waals surface area contributed by atoms with Gasteiger partial charge < -0.3 is 4.90 Å². The molecule has 1 atom stereocenters. The van der Waals surface area contributed by atoms with Crippen LogP contribution in [0, 0.1) is 6.92 Å². The number of carbonyl (C=O) groups is 1. The van der Waals surface area contributed by atoms with Crippen LogP contribution in [0.4, 0.5) is 0 Å². The molecule has 0 aliphatic carbocycles. The van der Waals surface area contributed by atoms with Gasteiger partial charge in [-0.3, -0.25) is 4.79 Å². The Morgan fingerprint density at radius 2 is 2.26 bits per heavy atom. The predicted octanol–water partition coefficient (Wildman–Crippen LogP) is 2.51. The minimum absolute atomic E-state index is 0.0108. The van der Waals surface area contributed by atoms with Crippen molar-refractivity contribution in [1.29, 1.82) is 0 Å². The number of hydrogen-bond acceptors (Lipinski definition) is 5. The molecular weight excluding hydrogens is 310 g/mol. The summed E-state index contributed by atoms with van der Waals surface area (Å²) in [6.45, 7) is 3.57. The highest BCUT2D eigenvalue weighted by Gasteiger charge is 2.28. The maximum atomic E-state index is 12.9. The zero-order valence-electron chi connectivity index (χ0n) is 12.8. The Kier molecular flexibility index (Phi) is 3.57. The molecule has 23 heavy (non-hydrogen) atoms. The van der Waals surface area contributed by atoms with Gasteiger partial charge in [0.15, 0.2) is 5.65 Å². The van der Waals surface area contributed by atoms with E-state index in [2.05, 4.69) is 22.0 Å². The highest BCUT2D eigenvalue weighted by molar-refractivity contribution is 7.11. The summed E-state index contributed by atoms with van der Waals surface area (Å²) in [7, 11) is 0. The molecule has 0 spiro atoms. The molecule has 3 aromatic heterocycles. The molecule has 1 unspecified atom stereocenters. The largest absolute Gasteiger partial charge is 0.338 e. The number of rotatable bonds is 2. The lowest BCUT2D eigenvalue weighted by Gasteiger charge is -2.31. The average molecular weight is 327 g/mol. The van der Waals surface area contributed by atoms with Gasteiger partial charge >= 0.3 is 0 Å². The molecule has 3 aromatic rings. The van der Waals surface area contributed by atoms with Crippen LogP contribution in [0.2, 0.25) is 0 Å². The first kappa shape index (κ1) is 14.3. The Labute approximate surface area is 137 Å². The number of aromatic nitrogens is 4. The summed E-state index contributed by atoms with van der Waals surface area (Å²) in [6, 6.07) is 1.80. The third-order valence-corrected chi connectivity index (χ3v) is 5.28. The second kappa shape index (κ2) is 5.73. The molecule has 0 N–H and O–H groups in total. The van der Waals surface area contributed by atoms with E-state index in [1.54, 1.807) is 40.5 Å². The number of piperidine rings is 1. The van der Waals surface area contributed by atoms with Gasteiger partial charge in [-0.15, -0.1) is 11.3 Å². The first-order chi connectivity index (χ1) is 11.2. The fourth-order valence-electron chi connectivity index (χ4n) is 3.07. The number of aryl methyl sites for hydroxylation is 1. The van der Waals surface area contributed by atoms with Crippen molar-refractivity contribution in [2.24, 2.45) is 0 Å². The van der Waals surface area contributed by atoms with Crippen molar-refractivity contribution in [3.63, 3.8) is 0 Å². The Balaban J connectivity index is 1.58. The van der Waals surface area contributed by atoms with Crippen LogP contribution in [-0.4, -0.2) is 43.5 Å². The van der Waals surface area contributed by atoms with Gasteiger partial charge in [-0.1, -0.05) is 0 Å². The summed E-state index contributed by atoms with van der Waals surface area (Å²) in [4.78, 5) is 24.8. The predicted molar refractivity (Wildman–Crippen MR) is 87.7 cm³/mol. The number of thiazole rings is 1. The fourth-order valence-corrected chi connectivity index (χ4v) is 3.97. The highest BCUT2D eigenvalue weighted by atomic mass is 32.1. The second-order valence-corrected chi connectivity index (χ2v) is 7.11. The summed E-state index contributed by atoms with van der Waals surface area (Å²) in [5.74, 6) is 0.345. The summed E-state index contributed by atoms with van der Waals surface area (Å²) in [6.07, 6.45) is 9.10. The van der Waals surface area contributed by atoms with Crippen molar-refractivity contribution in [2.45, 2.75) is 25.7 Å². The Bertz CT molecular complexity index is 855. The number of fused-ring (bicyclic) bond motifs is 1. The molecule has 0 radical (unpaired) electrons. The van der Waals surface area contributed by atoms with Gasteiger partial charge in [-0.25, -0.2) is 14.5 Å². The van der Waals surface area contributed by atoms with Gasteiger partial charge in [0, 0.05) is 42.5 Å². The van der Waals surface area contributed by atoms with Gasteiger partial charge in [0.05, 0.1) is 11.2 Å². The van der Waals surface area contributed by atoms with Gasteiger partial charge in [-0.2, -0.15) is 5.10 Å². The number of carbonyl (C=O) groups excluding carboxylic acids is 1. The van der Waals surface area contributed by atoms with E-state index in [1.165, 1.54) is 4.88 Å². The zero-order chi connectivity index (χ0) is 15.8. The number of amides is 1. The van der Waals surface area contributed by atoms with Crippen molar-refractivity contribution in [1.82, 2.24) is 24.5 Å². The van der Waals surface area contributed by atoms with Crippen LogP contribution in [0.3, 0.4) is 0 Å². The lowest BCUT2D eigenvalue weighted by atomic mass is 9.98. The summed E-state index contributed by atoms with van der Waals surface area (Å²) in [5, 5.41) is 5.35. The quantitative estimate of drug-likeness (QED) is 0.725. The van der Waals surface area contributed by atoms with Crippen LogP contribution < -0.4 is 0 Å². The van der Waals surface area contributed by atoms with E-state index in [0.29, 0.717) is 17.1 Å². The SMILES string of the molecule is Cc1cnc(C2CCCN(C(=O)c3cnn4cccnc34)C2)s1. The Morgan fingerprint density at radius 3 is 3.09 bits per heavy atom.